The van der Waals surface area contributed by atoms with E-state index in [9.17, 15) is 9.59 Å². The summed E-state index contributed by atoms with van der Waals surface area (Å²) in [6, 6.07) is -0.345. The number of likely N-dealkylation sites (N-methyl/N-ethyl adjacent to an activating group) is 1. The molecule has 3 N–H and O–H groups in total. The van der Waals surface area contributed by atoms with Gasteiger partial charge in [-0.15, -0.1) is 0 Å². The second-order valence-corrected chi connectivity index (χ2v) is 4.35. The monoisotopic (exact) mass is 244 g/mol. The molecule has 0 aromatic heterocycles. The van der Waals surface area contributed by atoms with Crippen LogP contribution in [0, 0.1) is 5.92 Å². The highest BCUT2D eigenvalue weighted by atomic mass is 16.4. The van der Waals surface area contributed by atoms with Gasteiger partial charge in [-0.25, -0.2) is 9.80 Å². The van der Waals surface area contributed by atoms with Gasteiger partial charge >= 0.3 is 12.0 Å². The van der Waals surface area contributed by atoms with E-state index < -0.39 is 11.9 Å². The molecule has 0 aromatic carbocycles. The van der Waals surface area contributed by atoms with Crippen molar-refractivity contribution in [2.45, 2.75) is 6.92 Å². The van der Waals surface area contributed by atoms with Crippen molar-refractivity contribution in [3.63, 3.8) is 0 Å². The van der Waals surface area contributed by atoms with Crippen molar-refractivity contribution >= 4 is 12.0 Å². The predicted molar refractivity (Wildman–Crippen MR) is 62.4 cm³/mol. The molecule has 0 spiro atoms. The van der Waals surface area contributed by atoms with Crippen molar-refractivity contribution in [2.75, 3.05) is 39.8 Å². The lowest BCUT2D eigenvalue weighted by Crippen LogP contribution is -2.55. The van der Waals surface area contributed by atoms with Crippen LogP contribution >= 0.6 is 0 Å². The zero-order chi connectivity index (χ0) is 12.8. The summed E-state index contributed by atoms with van der Waals surface area (Å²) in [7, 11) is 2.03. The van der Waals surface area contributed by atoms with Crippen LogP contribution in [-0.4, -0.2) is 66.8 Å². The van der Waals surface area contributed by atoms with Gasteiger partial charge in [0, 0.05) is 32.7 Å². The molecular formula is C10H20N4O3. The minimum Gasteiger partial charge on any atom is -0.481 e. The van der Waals surface area contributed by atoms with E-state index in [2.05, 4.69) is 15.6 Å². The Labute approximate surface area is 101 Å². The lowest BCUT2D eigenvalue weighted by molar-refractivity contribution is -0.140. The van der Waals surface area contributed by atoms with Crippen molar-refractivity contribution < 1.29 is 14.7 Å². The minimum absolute atomic E-state index is 0.134. The number of urea groups is 1. The number of hydrogen-bond acceptors (Lipinski definition) is 4. The molecule has 0 radical (unpaired) electrons. The summed E-state index contributed by atoms with van der Waals surface area (Å²) in [6.07, 6.45) is 0. The second-order valence-electron chi connectivity index (χ2n) is 4.35. The highest BCUT2D eigenvalue weighted by Gasteiger charge is 2.16. The number of amides is 2. The molecule has 0 aromatic rings. The molecule has 0 bridgehead atoms. The average molecular weight is 244 g/mol. The lowest BCUT2D eigenvalue weighted by Gasteiger charge is -2.32. The highest BCUT2D eigenvalue weighted by molar-refractivity contribution is 5.75. The van der Waals surface area contributed by atoms with Crippen molar-refractivity contribution in [3.05, 3.63) is 0 Å². The Kier molecular flexibility index (Phi) is 5.17. The van der Waals surface area contributed by atoms with Gasteiger partial charge in [-0.2, -0.15) is 0 Å². The van der Waals surface area contributed by atoms with E-state index in [1.54, 1.807) is 6.92 Å². The summed E-state index contributed by atoms with van der Waals surface area (Å²) in [6.45, 7) is 5.06. The van der Waals surface area contributed by atoms with Crippen LogP contribution in [0.15, 0.2) is 0 Å². The fourth-order valence-corrected chi connectivity index (χ4v) is 1.43. The first kappa shape index (κ1) is 13.7. The van der Waals surface area contributed by atoms with Gasteiger partial charge < -0.3 is 15.3 Å². The van der Waals surface area contributed by atoms with Crippen LogP contribution in [0.25, 0.3) is 0 Å². The molecule has 0 saturated carbocycles. The molecule has 98 valence electrons. The fourth-order valence-electron chi connectivity index (χ4n) is 1.43. The summed E-state index contributed by atoms with van der Waals surface area (Å²) in [5.74, 6) is -1.49. The van der Waals surface area contributed by atoms with Crippen molar-refractivity contribution in [1.82, 2.24) is 20.7 Å². The van der Waals surface area contributed by atoms with E-state index in [0.717, 1.165) is 26.2 Å². The second kappa shape index (κ2) is 6.41. The Balaban J connectivity index is 2.19. The van der Waals surface area contributed by atoms with Crippen LogP contribution in [0.5, 0.6) is 0 Å². The van der Waals surface area contributed by atoms with E-state index in [1.807, 2.05) is 12.1 Å². The molecule has 1 heterocycles. The van der Waals surface area contributed by atoms with Gasteiger partial charge in [-0.3, -0.25) is 10.2 Å². The molecule has 7 heteroatoms. The Morgan fingerprint density at radius 2 is 1.88 bits per heavy atom. The Morgan fingerprint density at radius 3 is 2.41 bits per heavy atom. The number of carboxylic acid groups (broad SMARTS) is 1. The summed E-state index contributed by atoms with van der Waals surface area (Å²) in [5, 5.41) is 13.0. The third-order valence-corrected chi connectivity index (χ3v) is 2.75. The Hall–Kier alpha value is -1.34. The normalized spacial score (nSPS) is 19.6. The number of carbonyl (C=O) groups excluding carboxylic acids is 1. The summed E-state index contributed by atoms with van der Waals surface area (Å²) in [5.41, 5.74) is 2.70. The number of rotatable bonds is 4. The maximum atomic E-state index is 11.4. The largest absolute Gasteiger partial charge is 0.481 e. The fraction of sp³-hybridized carbons (Fsp3) is 0.800. The van der Waals surface area contributed by atoms with Crippen molar-refractivity contribution in [1.29, 1.82) is 0 Å². The molecule has 1 saturated heterocycles. The molecule has 0 aliphatic carbocycles. The van der Waals surface area contributed by atoms with Crippen molar-refractivity contribution in [2.24, 2.45) is 5.92 Å². The van der Waals surface area contributed by atoms with E-state index in [0.29, 0.717) is 0 Å². The van der Waals surface area contributed by atoms with Gasteiger partial charge in [0.25, 0.3) is 0 Å². The molecule has 1 rings (SSSR count). The number of aliphatic carboxylic acids is 1. The maximum absolute atomic E-state index is 11.4. The van der Waals surface area contributed by atoms with Crippen LogP contribution < -0.4 is 10.7 Å². The van der Waals surface area contributed by atoms with Crippen LogP contribution in [0.3, 0.4) is 0 Å². The number of piperazine rings is 1. The SMILES string of the molecule is CC(CNC(=O)NN1CCN(C)CC1)C(=O)O. The average Bonchev–Trinajstić information content (AvgIpc) is 2.29. The molecular weight excluding hydrogens is 224 g/mol. The summed E-state index contributed by atoms with van der Waals surface area (Å²) in [4.78, 5) is 24.2. The van der Waals surface area contributed by atoms with Crippen LogP contribution in [-0.2, 0) is 4.79 Å². The molecule has 1 unspecified atom stereocenters. The molecule has 1 fully saturated rings. The molecule has 1 aliphatic heterocycles. The Morgan fingerprint density at radius 1 is 1.29 bits per heavy atom. The maximum Gasteiger partial charge on any atom is 0.329 e. The van der Waals surface area contributed by atoms with E-state index in [-0.39, 0.29) is 12.6 Å². The third kappa shape index (κ3) is 5.01. The quantitative estimate of drug-likeness (QED) is 0.601. The van der Waals surface area contributed by atoms with Gasteiger partial charge in [0.2, 0.25) is 0 Å². The molecule has 17 heavy (non-hydrogen) atoms. The van der Waals surface area contributed by atoms with Crippen molar-refractivity contribution in [3.8, 4) is 0 Å². The number of nitrogens with one attached hydrogen (secondary N) is 2. The van der Waals surface area contributed by atoms with Crippen LogP contribution in [0.4, 0.5) is 4.79 Å². The molecule has 7 nitrogen and oxygen atoms in total. The predicted octanol–water partition coefficient (Wildman–Crippen LogP) is -0.831. The lowest BCUT2D eigenvalue weighted by atomic mass is 10.2. The Bertz CT molecular complexity index is 277. The third-order valence-electron chi connectivity index (χ3n) is 2.75. The zero-order valence-electron chi connectivity index (χ0n) is 10.3. The summed E-state index contributed by atoms with van der Waals surface area (Å²) < 4.78 is 0. The first-order valence-corrected chi connectivity index (χ1v) is 5.70. The van der Waals surface area contributed by atoms with E-state index in [4.69, 9.17) is 5.11 Å². The smallest absolute Gasteiger partial charge is 0.329 e. The van der Waals surface area contributed by atoms with Gasteiger partial charge in [-0.1, -0.05) is 6.92 Å². The number of carbonyl (C=O) groups is 2. The van der Waals surface area contributed by atoms with Gasteiger partial charge in [-0.05, 0) is 7.05 Å². The van der Waals surface area contributed by atoms with Gasteiger partial charge in [0.1, 0.15) is 0 Å². The highest BCUT2D eigenvalue weighted by Crippen LogP contribution is 1.95. The first-order valence-electron chi connectivity index (χ1n) is 5.70. The zero-order valence-corrected chi connectivity index (χ0v) is 10.3. The van der Waals surface area contributed by atoms with Gasteiger partial charge in [0.05, 0.1) is 5.92 Å². The number of hydrogen-bond donors (Lipinski definition) is 3. The molecule has 2 amide bonds. The number of hydrazine groups is 1. The molecule has 1 atom stereocenters. The number of nitrogens with zero attached hydrogens (tertiary/aromatic N) is 2. The van der Waals surface area contributed by atoms with E-state index >= 15 is 0 Å². The standard InChI is InChI=1S/C10H20N4O3/c1-8(9(15)16)7-11-10(17)12-14-5-3-13(2)4-6-14/h8H,3-7H2,1-2H3,(H,15,16)(H2,11,12,17). The number of carboxylic acids is 1. The minimum atomic E-state index is -0.912. The first-order chi connectivity index (χ1) is 7.99. The van der Waals surface area contributed by atoms with Crippen LogP contribution in [0.2, 0.25) is 0 Å². The molecule has 1 aliphatic rings. The topological polar surface area (TPSA) is 84.9 Å². The van der Waals surface area contributed by atoms with E-state index in [1.165, 1.54) is 0 Å². The summed E-state index contributed by atoms with van der Waals surface area (Å²) >= 11 is 0. The van der Waals surface area contributed by atoms with Crippen LogP contribution in [0.1, 0.15) is 6.92 Å². The van der Waals surface area contributed by atoms with Gasteiger partial charge in [0.15, 0.2) is 0 Å².